The van der Waals surface area contributed by atoms with Gasteiger partial charge in [-0.05, 0) is 24.6 Å². The van der Waals surface area contributed by atoms with Gasteiger partial charge in [-0.1, -0.05) is 30.3 Å². The molecule has 2 aromatic rings. The van der Waals surface area contributed by atoms with Gasteiger partial charge in [-0.25, -0.2) is 8.42 Å². The summed E-state index contributed by atoms with van der Waals surface area (Å²) < 4.78 is 37.6. The molecular formula is C23H29N3O5S. The Bertz CT molecular complexity index is 1050. The summed E-state index contributed by atoms with van der Waals surface area (Å²) in [6.07, 6.45) is 1.12. The second-order valence-electron chi connectivity index (χ2n) is 8.15. The van der Waals surface area contributed by atoms with E-state index in [1.165, 1.54) is 9.87 Å². The largest absolute Gasteiger partial charge is 0.486 e. The predicted molar refractivity (Wildman–Crippen MR) is 123 cm³/mol. The first-order chi connectivity index (χ1) is 15.3. The number of rotatable bonds is 6. The van der Waals surface area contributed by atoms with Gasteiger partial charge in [0.05, 0.1) is 11.9 Å². The summed E-state index contributed by atoms with van der Waals surface area (Å²) in [5, 5.41) is 0. The van der Waals surface area contributed by atoms with E-state index >= 15 is 0 Å². The number of sulfonamides is 1. The van der Waals surface area contributed by atoms with Gasteiger partial charge in [0.25, 0.3) is 0 Å². The molecule has 0 saturated carbocycles. The highest BCUT2D eigenvalue weighted by atomic mass is 32.2. The molecule has 1 fully saturated rings. The third-order valence-corrected chi connectivity index (χ3v) is 7.02. The number of piperazine rings is 1. The van der Waals surface area contributed by atoms with E-state index in [0.29, 0.717) is 43.5 Å². The van der Waals surface area contributed by atoms with Gasteiger partial charge in [0, 0.05) is 38.8 Å². The molecule has 172 valence electrons. The summed E-state index contributed by atoms with van der Waals surface area (Å²) in [7, 11) is -3.70. The quantitative estimate of drug-likeness (QED) is 0.657. The number of fused-ring (bicyclic) bond motifs is 1. The number of carbonyl (C=O) groups excluding carboxylic acids is 1. The Morgan fingerprint density at radius 2 is 1.66 bits per heavy atom. The van der Waals surface area contributed by atoms with Crippen LogP contribution in [0, 0.1) is 0 Å². The summed E-state index contributed by atoms with van der Waals surface area (Å²) in [5.74, 6) is 0.850. The van der Waals surface area contributed by atoms with Gasteiger partial charge in [0.15, 0.2) is 11.5 Å². The lowest BCUT2D eigenvalue weighted by atomic mass is 10.2. The zero-order valence-corrected chi connectivity index (χ0v) is 19.3. The number of hydrogen-bond acceptors (Lipinski definition) is 6. The first kappa shape index (κ1) is 22.4. The molecule has 0 aromatic heterocycles. The first-order valence-corrected chi connectivity index (χ1v) is 12.6. The standard InChI is InChI=1S/C23H29N3O5S/c1-18(23(27)25-12-10-24(11-13-25)17-19-6-4-3-5-7-19)26(32(2,28)29)20-8-9-21-22(16-20)31-15-14-30-21/h3-9,16,18H,10-15,17H2,1-2H3/t18-/m1/s1. The van der Waals surface area contributed by atoms with E-state index in [9.17, 15) is 13.2 Å². The Morgan fingerprint density at radius 3 is 2.31 bits per heavy atom. The zero-order valence-electron chi connectivity index (χ0n) is 18.4. The second-order valence-corrected chi connectivity index (χ2v) is 10.0. The molecule has 8 nitrogen and oxygen atoms in total. The van der Waals surface area contributed by atoms with E-state index in [0.717, 1.165) is 25.9 Å². The lowest BCUT2D eigenvalue weighted by Gasteiger charge is -2.38. The minimum absolute atomic E-state index is 0.204. The average Bonchev–Trinajstić information content (AvgIpc) is 2.79. The number of nitrogens with zero attached hydrogens (tertiary/aromatic N) is 3. The molecule has 1 amide bonds. The minimum atomic E-state index is -3.70. The SMILES string of the molecule is C[C@H](C(=O)N1CCN(Cc2ccccc2)CC1)N(c1ccc2c(c1)OCCO2)S(C)(=O)=O. The number of hydrogen-bond donors (Lipinski definition) is 0. The van der Waals surface area contributed by atoms with Crippen molar-refractivity contribution in [1.82, 2.24) is 9.80 Å². The van der Waals surface area contributed by atoms with E-state index in [-0.39, 0.29) is 5.91 Å². The molecule has 0 radical (unpaired) electrons. The highest BCUT2D eigenvalue weighted by Crippen LogP contribution is 2.35. The predicted octanol–water partition coefficient (Wildman–Crippen LogP) is 1.96. The van der Waals surface area contributed by atoms with E-state index in [2.05, 4.69) is 17.0 Å². The van der Waals surface area contributed by atoms with E-state index < -0.39 is 16.1 Å². The third kappa shape index (κ3) is 4.99. The molecule has 0 bridgehead atoms. The molecular weight excluding hydrogens is 430 g/mol. The van der Waals surface area contributed by atoms with Crippen LogP contribution >= 0.6 is 0 Å². The van der Waals surface area contributed by atoms with Crippen molar-refractivity contribution in [3.8, 4) is 11.5 Å². The molecule has 9 heteroatoms. The van der Waals surface area contributed by atoms with Crippen LogP contribution in [0.25, 0.3) is 0 Å². The Kier molecular flexibility index (Phi) is 6.57. The molecule has 2 aliphatic heterocycles. The fourth-order valence-corrected chi connectivity index (χ4v) is 5.37. The van der Waals surface area contributed by atoms with Crippen LogP contribution < -0.4 is 13.8 Å². The van der Waals surface area contributed by atoms with Crippen molar-refractivity contribution in [3.05, 3.63) is 54.1 Å². The molecule has 2 aromatic carbocycles. The molecule has 32 heavy (non-hydrogen) atoms. The van der Waals surface area contributed by atoms with E-state index in [1.807, 2.05) is 18.2 Å². The van der Waals surface area contributed by atoms with Gasteiger partial charge < -0.3 is 14.4 Å². The summed E-state index contributed by atoms with van der Waals surface area (Å²) in [5.41, 5.74) is 1.63. The molecule has 0 unspecified atom stereocenters. The lowest BCUT2D eigenvalue weighted by molar-refractivity contribution is -0.133. The maximum absolute atomic E-state index is 13.3. The van der Waals surface area contributed by atoms with Gasteiger partial charge in [-0.3, -0.25) is 14.0 Å². The Morgan fingerprint density at radius 1 is 1.00 bits per heavy atom. The monoisotopic (exact) mass is 459 g/mol. The summed E-state index contributed by atoms with van der Waals surface area (Å²) in [4.78, 5) is 17.3. The van der Waals surface area contributed by atoms with Gasteiger partial charge in [0.2, 0.25) is 15.9 Å². The summed E-state index contributed by atoms with van der Waals surface area (Å²) in [6, 6.07) is 14.3. The van der Waals surface area contributed by atoms with Gasteiger partial charge in [0.1, 0.15) is 19.3 Å². The van der Waals surface area contributed by atoms with Crippen LogP contribution in [0.1, 0.15) is 12.5 Å². The highest BCUT2D eigenvalue weighted by molar-refractivity contribution is 7.92. The van der Waals surface area contributed by atoms with Crippen molar-refractivity contribution < 1.29 is 22.7 Å². The van der Waals surface area contributed by atoms with Crippen molar-refractivity contribution in [1.29, 1.82) is 0 Å². The number of amides is 1. The number of benzene rings is 2. The molecule has 2 aliphatic rings. The summed E-state index contributed by atoms with van der Waals surface area (Å²) in [6.45, 7) is 5.95. The van der Waals surface area contributed by atoms with Crippen molar-refractivity contribution in [2.45, 2.75) is 19.5 Å². The lowest BCUT2D eigenvalue weighted by Crippen LogP contribution is -2.55. The molecule has 4 rings (SSSR count). The van der Waals surface area contributed by atoms with Crippen molar-refractivity contribution in [2.24, 2.45) is 0 Å². The minimum Gasteiger partial charge on any atom is -0.486 e. The molecule has 1 saturated heterocycles. The topological polar surface area (TPSA) is 79.4 Å². The van der Waals surface area contributed by atoms with Crippen LogP contribution in [0.4, 0.5) is 5.69 Å². The maximum Gasteiger partial charge on any atom is 0.246 e. The van der Waals surface area contributed by atoms with E-state index in [1.54, 1.807) is 30.0 Å². The maximum atomic E-state index is 13.3. The van der Waals surface area contributed by atoms with Crippen LogP contribution in [0.2, 0.25) is 0 Å². The fourth-order valence-electron chi connectivity index (χ4n) is 4.20. The van der Waals surface area contributed by atoms with Gasteiger partial charge in [-0.15, -0.1) is 0 Å². The number of anilines is 1. The fraction of sp³-hybridized carbons (Fsp3) is 0.435. The van der Waals surface area contributed by atoms with Crippen LogP contribution in [0.15, 0.2) is 48.5 Å². The van der Waals surface area contributed by atoms with E-state index in [4.69, 9.17) is 9.47 Å². The molecule has 0 spiro atoms. The average molecular weight is 460 g/mol. The van der Waals surface area contributed by atoms with Crippen molar-refractivity contribution in [3.63, 3.8) is 0 Å². The van der Waals surface area contributed by atoms with Crippen LogP contribution in [-0.4, -0.2) is 75.8 Å². The molecule has 0 aliphatic carbocycles. The second kappa shape index (κ2) is 9.38. The zero-order chi connectivity index (χ0) is 22.7. The first-order valence-electron chi connectivity index (χ1n) is 10.8. The van der Waals surface area contributed by atoms with Gasteiger partial charge >= 0.3 is 0 Å². The highest BCUT2D eigenvalue weighted by Gasteiger charge is 2.34. The smallest absolute Gasteiger partial charge is 0.246 e. The molecule has 0 N–H and O–H groups in total. The number of carbonyl (C=O) groups is 1. The Balaban J connectivity index is 1.45. The summed E-state index contributed by atoms with van der Waals surface area (Å²) >= 11 is 0. The van der Waals surface area contributed by atoms with Crippen molar-refractivity contribution in [2.75, 3.05) is 50.0 Å². The Hall–Kier alpha value is -2.78. The third-order valence-electron chi connectivity index (χ3n) is 5.78. The van der Waals surface area contributed by atoms with Crippen LogP contribution in [0.5, 0.6) is 11.5 Å². The van der Waals surface area contributed by atoms with Crippen LogP contribution in [0.3, 0.4) is 0 Å². The van der Waals surface area contributed by atoms with Gasteiger partial charge in [-0.2, -0.15) is 0 Å². The van der Waals surface area contributed by atoms with Crippen LogP contribution in [-0.2, 0) is 21.4 Å². The van der Waals surface area contributed by atoms with Crippen molar-refractivity contribution >= 4 is 21.6 Å². The Labute approximate surface area is 189 Å². The molecule has 1 atom stereocenters. The number of ether oxygens (including phenoxy) is 2. The normalized spacial score (nSPS) is 17.6. The molecule has 2 heterocycles.